The summed E-state index contributed by atoms with van der Waals surface area (Å²) < 4.78 is 18.9. The van der Waals surface area contributed by atoms with Crippen LogP contribution in [0.15, 0.2) is 42.5 Å². The van der Waals surface area contributed by atoms with Crippen LogP contribution < -0.4 is 10.5 Å². The lowest BCUT2D eigenvalue weighted by Crippen LogP contribution is -2.15. The van der Waals surface area contributed by atoms with E-state index in [1.165, 1.54) is 18.7 Å². The molecule has 0 heterocycles. The second-order valence-corrected chi connectivity index (χ2v) is 4.62. The number of rotatable bonds is 4. The van der Waals surface area contributed by atoms with Crippen LogP contribution in [0.4, 0.5) is 4.39 Å². The van der Waals surface area contributed by atoms with E-state index in [9.17, 15) is 4.39 Å². The molecule has 0 aliphatic heterocycles. The smallest absolute Gasteiger partial charge is 0.131 e. The van der Waals surface area contributed by atoms with E-state index in [-0.39, 0.29) is 11.9 Å². The highest BCUT2D eigenvalue weighted by Crippen LogP contribution is 2.24. The molecule has 1 unspecified atom stereocenters. The second-order valence-electron chi connectivity index (χ2n) is 4.62. The highest BCUT2D eigenvalue weighted by molar-refractivity contribution is 5.33. The molecular weight excluding hydrogens is 241 g/mol. The molecule has 2 aromatic rings. The Bertz CT molecular complexity index is 568. The minimum absolute atomic E-state index is 0.319. The first-order chi connectivity index (χ1) is 9.11. The molecule has 1 atom stereocenters. The number of hydrogen-bond donors (Lipinski definition) is 1. The highest BCUT2D eigenvalue weighted by atomic mass is 19.1. The van der Waals surface area contributed by atoms with E-state index < -0.39 is 0 Å². The zero-order valence-corrected chi connectivity index (χ0v) is 11.2. The summed E-state index contributed by atoms with van der Waals surface area (Å²) in [6.07, 6.45) is 0.621. The van der Waals surface area contributed by atoms with E-state index in [0.29, 0.717) is 17.7 Å². The number of aryl methyl sites for hydroxylation is 1. The van der Waals surface area contributed by atoms with Crippen LogP contribution in [0, 0.1) is 12.7 Å². The number of methoxy groups -OCH3 is 1. The zero-order valence-electron chi connectivity index (χ0n) is 11.2. The highest BCUT2D eigenvalue weighted by Gasteiger charge is 2.13. The van der Waals surface area contributed by atoms with Gasteiger partial charge in [0.25, 0.3) is 0 Å². The first-order valence-electron chi connectivity index (χ1n) is 6.25. The number of ether oxygens (including phenoxy) is 1. The topological polar surface area (TPSA) is 35.2 Å². The Kier molecular flexibility index (Phi) is 4.17. The standard InChI is InChI=1S/C16H18FNO/c1-11-5-3-4-6-12(11)9-16(18)14-8-7-13(19-2)10-15(14)17/h3-8,10,16H,9,18H2,1-2H3. The Balaban J connectivity index is 2.21. The molecule has 0 amide bonds. The summed E-state index contributed by atoms with van der Waals surface area (Å²) in [5, 5.41) is 0. The van der Waals surface area contributed by atoms with Crippen molar-refractivity contribution in [3.05, 3.63) is 65.0 Å². The van der Waals surface area contributed by atoms with Crippen LogP contribution in [0.25, 0.3) is 0 Å². The molecule has 2 N–H and O–H groups in total. The van der Waals surface area contributed by atoms with Crippen LogP contribution in [0.2, 0.25) is 0 Å². The van der Waals surface area contributed by atoms with Crippen molar-refractivity contribution in [2.45, 2.75) is 19.4 Å². The molecule has 100 valence electrons. The van der Waals surface area contributed by atoms with Gasteiger partial charge in [0.15, 0.2) is 0 Å². The van der Waals surface area contributed by atoms with E-state index in [0.717, 1.165) is 5.56 Å². The number of halogens is 1. The molecule has 3 heteroatoms. The van der Waals surface area contributed by atoms with Crippen LogP contribution >= 0.6 is 0 Å². The third kappa shape index (κ3) is 3.12. The van der Waals surface area contributed by atoms with Crippen LogP contribution in [0.1, 0.15) is 22.7 Å². The maximum Gasteiger partial charge on any atom is 0.131 e. The van der Waals surface area contributed by atoms with Crippen molar-refractivity contribution in [3.8, 4) is 5.75 Å². The number of hydrogen-bond acceptors (Lipinski definition) is 2. The predicted molar refractivity (Wildman–Crippen MR) is 74.8 cm³/mol. The maximum atomic E-state index is 13.9. The summed E-state index contributed by atoms with van der Waals surface area (Å²) in [6.45, 7) is 2.03. The lowest BCUT2D eigenvalue weighted by atomic mass is 9.96. The summed E-state index contributed by atoms with van der Waals surface area (Å²) in [7, 11) is 1.52. The van der Waals surface area contributed by atoms with E-state index >= 15 is 0 Å². The fourth-order valence-corrected chi connectivity index (χ4v) is 2.12. The lowest BCUT2D eigenvalue weighted by Gasteiger charge is -2.15. The van der Waals surface area contributed by atoms with Crippen molar-refractivity contribution in [1.29, 1.82) is 0 Å². The normalized spacial score (nSPS) is 12.2. The minimum atomic E-state index is -0.355. The summed E-state index contributed by atoms with van der Waals surface area (Å²) in [6, 6.07) is 12.5. The molecule has 0 spiro atoms. The van der Waals surface area contributed by atoms with Crippen molar-refractivity contribution < 1.29 is 9.13 Å². The van der Waals surface area contributed by atoms with E-state index in [2.05, 4.69) is 0 Å². The molecule has 0 aromatic heterocycles. The fraction of sp³-hybridized carbons (Fsp3) is 0.250. The van der Waals surface area contributed by atoms with Crippen LogP contribution in [0.3, 0.4) is 0 Å². The average Bonchev–Trinajstić information content (AvgIpc) is 2.41. The van der Waals surface area contributed by atoms with Gasteiger partial charge in [-0.1, -0.05) is 30.3 Å². The van der Waals surface area contributed by atoms with Gasteiger partial charge in [-0.25, -0.2) is 4.39 Å². The van der Waals surface area contributed by atoms with Gasteiger partial charge in [0.1, 0.15) is 11.6 Å². The molecule has 19 heavy (non-hydrogen) atoms. The molecule has 0 fully saturated rings. The van der Waals surface area contributed by atoms with Crippen molar-refractivity contribution in [2.75, 3.05) is 7.11 Å². The van der Waals surface area contributed by atoms with Gasteiger partial charge in [0.05, 0.1) is 7.11 Å². The minimum Gasteiger partial charge on any atom is -0.497 e. The Morgan fingerprint density at radius 1 is 1.21 bits per heavy atom. The van der Waals surface area contributed by atoms with Crippen molar-refractivity contribution in [1.82, 2.24) is 0 Å². The van der Waals surface area contributed by atoms with Gasteiger partial charge in [0, 0.05) is 17.7 Å². The van der Waals surface area contributed by atoms with Crippen LogP contribution in [0.5, 0.6) is 5.75 Å². The Labute approximate surface area is 113 Å². The first kappa shape index (κ1) is 13.6. The summed E-state index contributed by atoms with van der Waals surface area (Å²) in [5.74, 6) is 0.185. The van der Waals surface area contributed by atoms with Crippen LogP contribution in [-0.4, -0.2) is 7.11 Å². The van der Waals surface area contributed by atoms with Gasteiger partial charge in [-0.2, -0.15) is 0 Å². The molecule has 0 saturated heterocycles. The molecule has 2 aromatic carbocycles. The van der Waals surface area contributed by atoms with E-state index in [4.69, 9.17) is 10.5 Å². The molecular formula is C16H18FNO. The SMILES string of the molecule is COc1ccc(C(N)Cc2ccccc2C)c(F)c1. The predicted octanol–water partition coefficient (Wildman–Crippen LogP) is 3.39. The third-order valence-corrected chi connectivity index (χ3v) is 3.31. The quantitative estimate of drug-likeness (QED) is 0.913. The number of benzene rings is 2. The average molecular weight is 259 g/mol. The molecule has 0 bridgehead atoms. The van der Waals surface area contributed by atoms with Crippen molar-refractivity contribution >= 4 is 0 Å². The Morgan fingerprint density at radius 3 is 2.58 bits per heavy atom. The first-order valence-corrected chi connectivity index (χ1v) is 6.25. The van der Waals surface area contributed by atoms with Gasteiger partial charge in [-0.15, -0.1) is 0 Å². The summed E-state index contributed by atoms with van der Waals surface area (Å²) in [5.41, 5.74) is 8.94. The second kappa shape index (κ2) is 5.85. The fourth-order valence-electron chi connectivity index (χ4n) is 2.12. The van der Waals surface area contributed by atoms with E-state index in [1.54, 1.807) is 12.1 Å². The Hall–Kier alpha value is -1.87. The molecule has 0 saturated carbocycles. The van der Waals surface area contributed by atoms with Gasteiger partial charge in [-0.3, -0.25) is 0 Å². The van der Waals surface area contributed by atoms with Gasteiger partial charge >= 0.3 is 0 Å². The van der Waals surface area contributed by atoms with Gasteiger partial charge < -0.3 is 10.5 Å². The monoisotopic (exact) mass is 259 g/mol. The number of nitrogens with two attached hydrogens (primary N) is 1. The molecule has 2 rings (SSSR count). The lowest BCUT2D eigenvalue weighted by molar-refractivity contribution is 0.410. The summed E-state index contributed by atoms with van der Waals surface area (Å²) >= 11 is 0. The Morgan fingerprint density at radius 2 is 1.95 bits per heavy atom. The molecule has 0 aliphatic rings. The van der Waals surface area contributed by atoms with Crippen molar-refractivity contribution in [3.63, 3.8) is 0 Å². The third-order valence-electron chi connectivity index (χ3n) is 3.31. The van der Waals surface area contributed by atoms with Crippen molar-refractivity contribution in [2.24, 2.45) is 5.73 Å². The maximum absolute atomic E-state index is 13.9. The van der Waals surface area contributed by atoms with Crippen LogP contribution in [-0.2, 0) is 6.42 Å². The molecule has 0 aliphatic carbocycles. The molecule has 0 radical (unpaired) electrons. The summed E-state index contributed by atoms with van der Waals surface area (Å²) in [4.78, 5) is 0. The zero-order chi connectivity index (χ0) is 13.8. The van der Waals surface area contributed by atoms with E-state index in [1.807, 2.05) is 31.2 Å². The largest absolute Gasteiger partial charge is 0.497 e. The molecule has 2 nitrogen and oxygen atoms in total. The van der Waals surface area contributed by atoms with Gasteiger partial charge in [0.2, 0.25) is 0 Å². The van der Waals surface area contributed by atoms with Gasteiger partial charge in [-0.05, 0) is 30.5 Å².